The molecule has 1 saturated heterocycles. The van der Waals surface area contributed by atoms with Gasteiger partial charge in [0.15, 0.2) is 0 Å². The van der Waals surface area contributed by atoms with Crippen LogP contribution in [-0.2, 0) is 4.79 Å². The molecular weight excluding hydrogens is 394 g/mol. The molecular formula is C24H29N3O4. The van der Waals surface area contributed by atoms with Crippen LogP contribution in [0.1, 0.15) is 36.4 Å². The van der Waals surface area contributed by atoms with Gasteiger partial charge in [-0.25, -0.2) is 5.01 Å². The molecule has 0 aromatic heterocycles. The molecule has 4 rings (SSSR count). The number of carbonyl (C=O) groups excluding carboxylic acids is 1. The predicted octanol–water partition coefficient (Wildman–Crippen LogP) is 3.49. The van der Waals surface area contributed by atoms with Gasteiger partial charge in [0.25, 0.3) is 5.91 Å². The van der Waals surface area contributed by atoms with Gasteiger partial charge in [-0.15, -0.1) is 0 Å². The van der Waals surface area contributed by atoms with Crippen LogP contribution in [0, 0.1) is 0 Å². The van der Waals surface area contributed by atoms with Crippen LogP contribution in [0.15, 0.2) is 47.6 Å². The number of rotatable bonds is 7. The Balaban J connectivity index is 1.70. The van der Waals surface area contributed by atoms with Crippen molar-refractivity contribution >= 4 is 11.6 Å². The lowest BCUT2D eigenvalue weighted by molar-refractivity contribution is -0.134. The minimum absolute atomic E-state index is 0.00494. The van der Waals surface area contributed by atoms with E-state index < -0.39 is 0 Å². The molecule has 2 aromatic rings. The van der Waals surface area contributed by atoms with Crippen molar-refractivity contribution in [3.05, 3.63) is 53.6 Å². The maximum Gasteiger partial charge on any atom is 0.257 e. The molecule has 1 unspecified atom stereocenters. The number of methoxy groups -OCH3 is 3. The van der Waals surface area contributed by atoms with Crippen molar-refractivity contribution < 1.29 is 19.0 Å². The molecule has 164 valence electrons. The van der Waals surface area contributed by atoms with E-state index in [2.05, 4.69) is 4.90 Å². The van der Waals surface area contributed by atoms with E-state index in [0.717, 1.165) is 48.5 Å². The average Bonchev–Trinajstić information content (AvgIpc) is 3.48. The maximum atomic E-state index is 13.3. The number of likely N-dealkylation sites (tertiary alicyclic amines) is 1. The highest BCUT2D eigenvalue weighted by molar-refractivity contribution is 6.05. The highest BCUT2D eigenvalue weighted by atomic mass is 16.5. The van der Waals surface area contributed by atoms with Crippen molar-refractivity contribution in [1.29, 1.82) is 0 Å². The van der Waals surface area contributed by atoms with Gasteiger partial charge in [0, 0.05) is 23.6 Å². The third kappa shape index (κ3) is 4.37. The molecule has 0 N–H and O–H groups in total. The Morgan fingerprint density at radius 3 is 2.45 bits per heavy atom. The number of amides is 1. The topological polar surface area (TPSA) is 63.6 Å². The predicted molar refractivity (Wildman–Crippen MR) is 119 cm³/mol. The molecule has 31 heavy (non-hydrogen) atoms. The molecule has 0 saturated carbocycles. The van der Waals surface area contributed by atoms with Crippen LogP contribution in [0.25, 0.3) is 0 Å². The number of hydrogen-bond acceptors (Lipinski definition) is 6. The Labute approximate surface area is 183 Å². The van der Waals surface area contributed by atoms with Gasteiger partial charge in [0.1, 0.15) is 17.2 Å². The molecule has 0 bridgehead atoms. The Morgan fingerprint density at radius 2 is 1.74 bits per heavy atom. The van der Waals surface area contributed by atoms with E-state index in [1.807, 2.05) is 42.5 Å². The Morgan fingerprint density at radius 1 is 1.00 bits per heavy atom. The monoisotopic (exact) mass is 423 g/mol. The summed E-state index contributed by atoms with van der Waals surface area (Å²) in [5.74, 6) is 2.13. The summed E-state index contributed by atoms with van der Waals surface area (Å²) >= 11 is 0. The number of benzene rings is 2. The van der Waals surface area contributed by atoms with Gasteiger partial charge in [-0.3, -0.25) is 9.69 Å². The van der Waals surface area contributed by atoms with E-state index in [-0.39, 0.29) is 11.9 Å². The highest BCUT2D eigenvalue weighted by Crippen LogP contribution is 2.40. The first kappa shape index (κ1) is 21.2. The van der Waals surface area contributed by atoms with E-state index in [9.17, 15) is 4.79 Å². The fraction of sp³-hybridized carbons (Fsp3) is 0.417. The minimum atomic E-state index is -0.254. The van der Waals surface area contributed by atoms with E-state index in [4.69, 9.17) is 19.3 Å². The molecule has 0 radical (unpaired) electrons. The number of nitrogens with zero attached hydrogens (tertiary/aromatic N) is 3. The number of hydrazone groups is 1. The lowest BCUT2D eigenvalue weighted by Gasteiger charge is -2.25. The standard InChI is InChI=1S/C24H29N3O4/c1-29-17-10-11-19(23(14-17)31-3)21-15-20(18-8-4-5-9-22(18)30-2)25-27(21)24(28)16-26-12-6-7-13-26/h4-5,8-11,14,21H,6-7,12-13,15-16H2,1-3H3. The zero-order valence-electron chi connectivity index (χ0n) is 18.3. The Kier molecular flexibility index (Phi) is 6.42. The van der Waals surface area contributed by atoms with Crippen molar-refractivity contribution in [2.24, 2.45) is 5.10 Å². The molecule has 0 spiro atoms. The summed E-state index contributed by atoms with van der Waals surface area (Å²) in [6.45, 7) is 2.29. The minimum Gasteiger partial charge on any atom is -0.497 e. The van der Waals surface area contributed by atoms with Crippen LogP contribution in [0.5, 0.6) is 17.2 Å². The summed E-state index contributed by atoms with van der Waals surface area (Å²) in [5, 5.41) is 6.42. The number of para-hydroxylation sites is 1. The summed E-state index contributed by atoms with van der Waals surface area (Å²) in [7, 11) is 4.90. The number of hydrogen-bond donors (Lipinski definition) is 0. The van der Waals surface area contributed by atoms with Crippen LogP contribution in [0.3, 0.4) is 0 Å². The second-order valence-electron chi connectivity index (χ2n) is 7.80. The zero-order valence-corrected chi connectivity index (χ0v) is 18.3. The SMILES string of the molecule is COc1ccc(C2CC(c3ccccc3OC)=NN2C(=O)CN2CCCC2)c(OC)c1. The summed E-state index contributed by atoms with van der Waals surface area (Å²) in [4.78, 5) is 15.5. The van der Waals surface area contributed by atoms with Gasteiger partial charge in [-0.1, -0.05) is 12.1 Å². The molecule has 0 aliphatic carbocycles. The maximum absolute atomic E-state index is 13.3. The first-order valence-corrected chi connectivity index (χ1v) is 10.6. The summed E-state index contributed by atoms with van der Waals surface area (Å²) in [6, 6.07) is 13.2. The van der Waals surface area contributed by atoms with Crippen LogP contribution in [0.4, 0.5) is 0 Å². The number of ether oxygens (including phenoxy) is 3. The van der Waals surface area contributed by atoms with Crippen molar-refractivity contribution in [3.63, 3.8) is 0 Å². The largest absolute Gasteiger partial charge is 0.497 e. The normalized spacial score (nSPS) is 18.7. The van der Waals surface area contributed by atoms with Crippen molar-refractivity contribution in [2.75, 3.05) is 41.0 Å². The summed E-state index contributed by atoms with van der Waals surface area (Å²) in [5.41, 5.74) is 2.64. The molecule has 1 amide bonds. The Bertz CT molecular complexity index is 969. The molecule has 2 aliphatic rings. The van der Waals surface area contributed by atoms with Gasteiger partial charge in [0.2, 0.25) is 0 Å². The molecule has 2 aliphatic heterocycles. The molecule has 1 atom stereocenters. The quantitative estimate of drug-likeness (QED) is 0.682. The molecule has 7 heteroatoms. The fourth-order valence-corrected chi connectivity index (χ4v) is 4.33. The third-order valence-corrected chi connectivity index (χ3v) is 5.94. The first-order valence-electron chi connectivity index (χ1n) is 10.6. The first-order chi connectivity index (χ1) is 15.1. The lowest BCUT2D eigenvalue weighted by atomic mass is 9.97. The van der Waals surface area contributed by atoms with E-state index in [0.29, 0.717) is 24.5 Å². The van der Waals surface area contributed by atoms with Crippen molar-refractivity contribution in [1.82, 2.24) is 9.91 Å². The van der Waals surface area contributed by atoms with Gasteiger partial charge in [-0.05, 0) is 50.2 Å². The molecule has 7 nitrogen and oxygen atoms in total. The fourth-order valence-electron chi connectivity index (χ4n) is 4.33. The smallest absolute Gasteiger partial charge is 0.257 e. The number of carbonyl (C=O) groups is 1. The van der Waals surface area contributed by atoms with E-state index >= 15 is 0 Å². The Hall–Kier alpha value is -3.06. The van der Waals surface area contributed by atoms with Crippen LogP contribution >= 0.6 is 0 Å². The molecule has 2 aromatic carbocycles. The van der Waals surface area contributed by atoms with Crippen molar-refractivity contribution in [3.8, 4) is 17.2 Å². The van der Waals surface area contributed by atoms with Crippen LogP contribution in [-0.4, -0.2) is 62.5 Å². The second kappa shape index (κ2) is 9.39. The zero-order chi connectivity index (χ0) is 21.8. The van der Waals surface area contributed by atoms with Gasteiger partial charge >= 0.3 is 0 Å². The van der Waals surface area contributed by atoms with Crippen molar-refractivity contribution in [2.45, 2.75) is 25.3 Å². The van der Waals surface area contributed by atoms with Gasteiger partial charge in [-0.2, -0.15) is 5.10 Å². The second-order valence-corrected chi connectivity index (χ2v) is 7.80. The van der Waals surface area contributed by atoms with Gasteiger partial charge in [0.05, 0.1) is 39.6 Å². The third-order valence-electron chi connectivity index (χ3n) is 5.94. The lowest BCUT2D eigenvalue weighted by Crippen LogP contribution is -2.37. The van der Waals surface area contributed by atoms with Gasteiger partial charge < -0.3 is 14.2 Å². The van der Waals surface area contributed by atoms with Crippen LogP contribution in [0.2, 0.25) is 0 Å². The van der Waals surface area contributed by atoms with Crippen LogP contribution < -0.4 is 14.2 Å². The van der Waals surface area contributed by atoms with E-state index in [1.54, 1.807) is 26.3 Å². The molecule has 1 fully saturated rings. The van der Waals surface area contributed by atoms with E-state index in [1.165, 1.54) is 0 Å². The average molecular weight is 424 g/mol. The molecule has 2 heterocycles. The highest BCUT2D eigenvalue weighted by Gasteiger charge is 2.36. The summed E-state index contributed by atoms with van der Waals surface area (Å²) in [6.07, 6.45) is 2.85. The summed E-state index contributed by atoms with van der Waals surface area (Å²) < 4.78 is 16.5.